The number of H-pyrrole nitrogens is 1. The number of carbonyl (C=O) groups excluding carboxylic acids is 1. The monoisotopic (exact) mass is 393 g/mol. The normalized spacial score (nSPS) is 11.2. The molecule has 9 nitrogen and oxygen atoms in total. The SMILES string of the molecule is CCOc1ccc(-c2cc(C(=O)N/N=C(\C)c3cccc([N+](=O)[O-])c3)[nH]n2)cc1. The number of nitro benzene ring substituents is 1. The Morgan fingerprint density at radius 1 is 1.24 bits per heavy atom. The van der Waals surface area contributed by atoms with Gasteiger partial charge in [0.1, 0.15) is 11.4 Å². The lowest BCUT2D eigenvalue weighted by Gasteiger charge is -2.03. The molecule has 0 aliphatic heterocycles. The number of hydrogen-bond acceptors (Lipinski definition) is 6. The molecule has 148 valence electrons. The van der Waals surface area contributed by atoms with Crippen LogP contribution in [0.3, 0.4) is 0 Å². The number of nitro groups is 1. The number of hydrogen-bond donors (Lipinski definition) is 2. The van der Waals surface area contributed by atoms with Crippen LogP contribution in [0.15, 0.2) is 59.7 Å². The molecular weight excluding hydrogens is 374 g/mol. The summed E-state index contributed by atoms with van der Waals surface area (Å²) < 4.78 is 5.41. The molecule has 0 bridgehead atoms. The maximum absolute atomic E-state index is 12.3. The Morgan fingerprint density at radius 2 is 2.00 bits per heavy atom. The van der Waals surface area contributed by atoms with Crippen molar-refractivity contribution in [3.05, 3.63) is 76.0 Å². The standard InChI is InChI=1S/C20H19N5O4/c1-3-29-17-9-7-14(8-10-17)18-12-19(23-22-18)20(26)24-21-13(2)15-5-4-6-16(11-15)25(27)28/h4-12H,3H2,1-2H3,(H,22,23)(H,24,26)/b21-13+. The first kappa shape index (κ1) is 19.7. The zero-order valence-electron chi connectivity index (χ0n) is 15.9. The van der Waals surface area contributed by atoms with Crippen LogP contribution in [0.4, 0.5) is 5.69 Å². The van der Waals surface area contributed by atoms with E-state index in [2.05, 4.69) is 20.7 Å². The quantitative estimate of drug-likeness (QED) is 0.361. The van der Waals surface area contributed by atoms with E-state index in [1.807, 2.05) is 31.2 Å². The van der Waals surface area contributed by atoms with Gasteiger partial charge < -0.3 is 4.74 Å². The fraction of sp³-hybridized carbons (Fsp3) is 0.150. The molecule has 2 N–H and O–H groups in total. The highest BCUT2D eigenvalue weighted by Gasteiger charge is 2.12. The van der Waals surface area contributed by atoms with E-state index in [1.54, 1.807) is 25.1 Å². The van der Waals surface area contributed by atoms with Gasteiger partial charge in [-0.2, -0.15) is 10.2 Å². The number of aromatic nitrogens is 2. The third kappa shape index (κ3) is 4.83. The van der Waals surface area contributed by atoms with E-state index in [4.69, 9.17) is 4.74 Å². The van der Waals surface area contributed by atoms with Crippen molar-refractivity contribution < 1.29 is 14.5 Å². The summed E-state index contributed by atoms with van der Waals surface area (Å²) in [6.45, 7) is 4.15. The molecule has 2 aromatic carbocycles. The summed E-state index contributed by atoms with van der Waals surface area (Å²) in [5, 5.41) is 21.7. The number of amides is 1. The Hall–Kier alpha value is -4.01. The van der Waals surface area contributed by atoms with Crippen LogP contribution in [0.1, 0.15) is 29.9 Å². The molecule has 0 aliphatic carbocycles. The summed E-state index contributed by atoms with van der Waals surface area (Å²) in [6.07, 6.45) is 0. The predicted molar refractivity (Wildman–Crippen MR) is 108 cm³/mol. The minimum atomic E-state index is -0.484. The van der Waals surface area contributed by atoms with Crippen LogP contribution < -0.4 is 10.2 Å². The second kappa shape index (κ2) is 8.79. The van der Waals surface area contributed by atoms with Gasteiger partial charge in [0, 0.05) is 23.3 Å². The number of nitrogens with one attached hydrogen (secondary N) is 2. The van der Waals surface area contributed by atoms with Gasteiger partial charge in [0.2, 0.25) is 0 Å². The van der Waals surface area contributed by atoms with Crippen molar-refractivity contribution in [2.75, 3.05) is 6.61 Å². The maximum atomic E-state index is 12.3. The van der Waals surface area contributed by atoms with E-state index in [9.17, 15) is 14.9 Å². The van der Waals surface area contributed by atoms with Crippen molar-refractivity contribution in [2.45, 2.75) is 13.8 Å². The van der Waals surface area contributed by atoms with E-state index < -0.39 is 10.8 Å². The molecule has 0 saturated carbocycles. The van der Waals surface area contributed by atoms with Crippen molar-refractivity contribution in [3.63, 3.8) is 0 Å². The number of benzene rings is 2. The minimum Gasteiger partial charge on any atom is -0.494 e. The third-order valence-corrected chi connectivity index (χ3v) is 4.08. The van der Waals surface area contributed by atoms with Crippen LogP contribution in [0, 0.1) is 10.1 Å². The summed E-state index contributed by atoms with van der Waals surface area (Å²) in [5.74, 6) is 0.287. The number of aromatic amines is 1. The van der Waals surface area contributed by atoms with Crippen LogP contribution in [-0.2, 0) is 0 Å². The second-order valence-electron chi connectivity index (χ2n) is 6.07. The molecule has 1 amide bonds. The molecule has 3 aromatic rings. The summed E-state index contributed by atoms with van der Waals surface area (Å²) in [4.78, 5) is 22.7. The molecule has 0 fully saturated rings. The van der Waals surface area contributed by atoms with Crippen molar-refractivity contribution in [3.8, 4) is 17.0 Å². The van der Waals surface area contributed by atoms with Crippen molar-refractivity contribution in [1.29, 1.82) is 0 Å². The smallest absolute Gasteiger partial charge is 0.289 e. The lowest BCUT2D eigenvalue weighted by molar-refractivity contribution is -0.384. The van der Waals surface area contributed by atoms with Gasteiger partial charge in [-0.15, -0.1) is 0 Å². The Bertz CT molecular complexity index is 1060. The van der Waals surface area contributed by atoms with E-state index in [1.165, 1.54) is 12.1 Å². The molecule has 0 spiro atoms. The van der Waals surface area contributed by atoms with Crippen LogP contribution in [0.5, 0.6) is 5.75 Å². The molecule has 9 heteroatoms. The van der Waals surface area contributed by atoms with Gasteiger partial charge in [-0.05, 0) is 44.2 Å². The molecule has 0 unspecified atom stereocenters. The van der Waals surface area contributed by atoms with Gasteiger partial charge in [0.05, 0.1) is 22.9 Å². The first-order chi connectivity index (χ1) is 14.0. The molecule has 0 atom stereocenters. The number of ether oxygens (including phenoxy) is 1. The molecule has 3 rings (SSSR count). The molecule has 1 heterocycles. The van der Waals surface area contributed by atoms with Crippen LogP contribution in [-0.4, -0.2) is 33.3 Å². The van der Waals surface area contributed by atoms with Crippen LogP contribution in [0.2, 0.25) is 0 Å². The Labute approximate surface area is 166 Å². The Balaban J connectivity index is 1.69. The van der Waals surface area contributed by atoms with E-state index in [-0.39, 0.29) is 11.4 Å². The first-order valence-corrected chi connectivity index (χ1v) is 8.86. The topological polar surface area (TPSA) is 123 Å². The Kier molecular flexibility index (Phi) is 5.98. The van der Waals surface area contributed by atoms with Gasteiger partial charge in [-0.3, -0.25) is 20.0 Å². The average Bonchev–Trinajstić information content (AvgIpc) is 3.23. The predicted octanol–water partition coefficient (Wildman–Crippen LogP) is 3.54. The minimum absolute atomic E-state index is 0.0445. The van der Waals surface area contributed by atoms with Crippen molar-refractivity contribution in [1.82, 2.24) is 15.6 Å². The Morgan fingerprint density at radius 3 is 2.69 bits per heavy atom. The van der Waals surface area contributed by atoms with Crippen LogP contribution in [0.25, 0.3) is 11.3 Å². The van der Waals surface area contributed by atoms with Gasteiger partial charge in [-0.1, -0.05) is 12.1 Å². The van der Waals surface area contributed by atoms with Crippen molar-refractivity contribution in [2.24, 2.45) is 5.10 Å². The van der Waals surface area contributed by atoms with Gasteiger partial charge in [0.25, 0.3) is 11.6 Å². The number of rotatable bonds is 7. The number of nitrogens with zero attached hydrogens (tertiary/aromatic N) is 3. The average molecular weight is 393 g/mol. The number of carbonyl (C=O) groups is 1. The maximum Gasteiger partial charge on any atom is 0.289 e. The largest absolute Gasteiger partial charge is 0.494 e. The molecule has 0 aliphatic rings. The van der Waals surface area contributed by atoms with E-state index in [0.29, 0.717) is 23.6 Å². The second-order valence-corrected chi connectivity index (χ2v) is 6.07. The summed E-state index contributed by atoms with van der Waals surface area (Å²) in [5.41, 5.74) is 5.04. The highest BCUT2D eigenvalue weighted by molar-refractivity contribution is 6.01. The van der Waals surface area contributed by atoms with E-state index >= 15 is 0 Å². The lowest BCUT2D eigenvalue weighted by Crippen LogP contribution is -2.19. The zero-order valence-corrected chi connectivity index (χ0v) is 15.9. The van der Waals surface area contributed by atoms with Gasteiger partial charge in [0.15, 0.2) is 0 Å². The molecule has 0 saturated heterocycles. The highest BCUT2D eigenvalue weighted by Crippen LogP contribution is 2.21. The summed E-state index contributed by atoms with van der Waals surface area (Å²) >= 11 is 0. The first-order valence-electron chi connectivity index (χ1n) is 8.86. The fourth-order valence-electron chi connectivity index (χ4n) is 2.58. The number of non-ortho nitro benzene ring substituents is 1. The van der Waals surface area contributed by atoms with Gasteiger partial charge in [-0.25, -0.2) is 5.43 Å². The lowest BCUT2D eigenvalue weighted by atomic mass is 10.1. The summed E-state index contributed by atoms with van der Waals surface area (Å²) in [7, 11) is 0. The highest BCUT2D eigenvalue weighted by atomic mass is 16.6. The molecule has 1 aromatic heterocycles. The third-order valence-electron chi connectivity index (χ3n) is 4.08. The van der Waals surface area contributed by atoms with Crippen molar-refractivity contribution >= 4 is 17.3 Å². The molecular formula is C20H19N5O4. The molecule has 0 radical (unpaired) electrons. The summed E-state index contributed by atoms with van der Waals surface area (Å²) in [6, 6.07) is 15.0. The zero-order chi connectivity index (χ0) is 20.8. The van der Waals surface area contributed by atoms with Gasteiger partial charge >= 0.3 is 0 Å². The number of hydrazone groups is 1. The fourth-order valence-corrected chi connectivity index (χ4v) is 2.58. The van der Waals surface area contributed by atoms with Crippen LogP contribution >= 0.6 is 0 Å². The molecule has 29 heavy (non-hydrogen) atoms. The van der Waals surface area contributed by atoms with E-state index in [0.717, 1.165) is 11.3 Å².